The van der Waals surface area contributed by atoms with E-state index in [1.807, 2.05) is 0 Å². The Labute approximate surface area is 107 Å². The van der Waals surface area contributed by atoms with Crippen molar-refractivity contribution in [1.82, 2.24) is 4.90 Å². The lowest BCUT2D eigenvalue weighted by Crippen LogP contribution is -2.36. The van der Waals surface area contributed by atoms with Crippen molar-refractivity contribution >= 4 is 12.1 Å². The smallest absolute Gasteiger partial charge is 0.410 e. The number of carbonyl (C=O) groups excluding carboxylic acids is 2. The number of hydrogen-bond donors (Lipinski definition) is 1. The number of hydrogen-bond acceptors (Lipinski definition) is 5. The summed E-state index contributed by atoms with van der Waals surface area (Å²) < 4.78 is 10.2. The lowest BCUT2D eigenvalue weighted by Gasteiger charge is -2.24. The minimum Gasteiger partial charge on any atom is -0.466 e. The van der Waals surface area contributed by atoms with Gasteiger partial charge in [-0.15, -0.1) is 0 Å². The van der Waals surface area contributed by atoms with Gasteiger partial charge in [0, 0.05) is 19.1 Å². The van der Waals surface area contributed by atoms with Gasteiger partial charge in [0.2, 0.25) is 0 Å². The van der Waals surface area contributed by atoms with E-state index < -0.39 is 23.7 Å². The van der Waals surface area contributed by atoms with Gasteiger partial charge in [-0.3, -0.25) is 4.79 Å². The molecule has 0 saturated carbocycles. The van der Waals surface area contributed by atoms with Crippen LogP contribution in [0.3, 0.4) is 0 Å². The molecule has 0 radical (unpaired) electrons. The van der Waals surface area contributed by atoms with Crippen LogP contribution in [0.5, 0.6) is 0 Å². The number of carbonyl (C=O) groups is 2. The minimum absolute atomic E-state index is 0.259. The molecule has 2 N–H and O–H groups in total. The molecule has 0 aliphatic carbocycles. The predicted octanol–water partition coefficient (Wildman–Crippen LogP) is 0.744. The lowest BCUT2D eigenvalue weighted by molar-refractivity contribution is -0.147. The zero-order valence-electron chi connectivity index (χ0n) is 11.4. The van der Waals surface area contributed by atoms with Crippen molar-refractivity contribution in [3.05, 3.63) is 0 Å². The van der Waals surface area contributed by atoms with Crippen molar-refractivity contribution in [3.63, 3.8) is 0 Å². The first-order valence-corrected chi connectivity index (χ1v) is 6.14. The number of esters is 1. The number of likely N-dealkylation sites (tertiary alicyclic amines) is 1. The van der Waals surface area contributed by atoms with Crippen LogP contribution < -0.4 is 5.73 Å². The highest BCUT2D eigenvalue weighted by molar-refractivity contribution is 5.76. The molecule has 1 saturated heterocycles. The van der Waals surface area contributed by atoms with Crippen LogP contribution in [0.25, 0.3) is 0 Å². The van der Waals surface area contributed by atoms with Crippen molar-refractivity contribution in [1.29, 1.82) is 0 Å². The quantitative estimate of drug-likeness (QED) is 0.739. The van der Waals surface area contributed by atoms with E-state index in [1.54, 1.807) is 27.7 Å². The van der Waals surface area contributed by atoms with Gasteiger partial charge >= 0.3 is 12.1 Å². The lowest BCUT2D eigenvalue weighted by atomic mass is 10.1. The molecule has 0 unspecified atom stereocenters. The summed E-state index contributed by atoms with van der Waals surface area (Å²) in [5, 5.41) is 0. The maximum absolute atomic E-state index is 11.8. The van der Waals surface area contributed by atoms with Crippen LogP contribution in [0.4, 0.5) is 4.79 Å². The SMILES string of the molecule is CCOC(=O)[C@@H]1CN(C(=O)OC(C)(C)C)C[C@H]1N. The van der Waals surface area contributed by atoms with Gasteiger partial charge in [0.15, 0.2) is 0 Å². The zero-order valence-corrected chi connectivity index (χ0v) is 11.4. The number of nitrogens with zero attached hydrogens (tertiary/aromatic N) is 1. The molecule has 2 atom stereocenters. The van der Waals surface area contributed by atoms with E-state index in [0.717, 1.165) is 0 Å². The van der Waals surface area contributed by atoms with Gasteiger partial charge in [-0.25, -0.2) is 4.79 Å². The summed E-state index contributed by atoms with van der Waals surface area (Å²) in [7, 11) is 0. The van der Waals surface area contributed by atoms with E-state index in [4.69, 9.17) is 15.2 Å². The maximum Gasteiger partial charge on any atom is 0.410 e. The molecule has 1 amide bonds. The van der Waals surface area contributed by atoms with E-state index in [0.29, 0.717) is 13.2 Å². The topological polar surface area (TPSA) is 81.9 Å². The Bertz CT molecular complexity index is 325. The second-order valence-electron chi connectivity index (χ2n) is 5.41. The van der Waals surface area contributed by atoms with Crippen LogP contribution >= 0.6 is 0 Å². The molecule has 0 aromatic carbocycles. The van der Waals surface area contributed by atoms with Crippen molar-refractivity contribution < 1.29 is 19.1 Å². The molecular formula is C12H22N2O4. The van der Waals surface area contributed by atoms with Crippen LogP contribution in [0, 0.1) is 5.92 Å². The molecule has 1 rings (SSSR count). The average Bonchev–Trinajstić information content (AvgIpc) is 2.58. The van der Waals surface area contributed by atoms with E-state index in [-0.39, 0.29) is 12.5 Å². The predicted molar refractivity (Wildman–Crippen MR) is 65.9 cm³/mol. The van der Waals surface area contributed by atoms with Crippen LogP contribution in [0.1, 0.15) is 27.7 Å². The largest absolute Gasteiger partial charge is 0.466 e. The average molecular weight is 258 g/mol. The summed E-state index contributed by atoms with van der Waals surface area (Å²) in [5.74, 6) is -0.812. The van der Waals surface area contributed by atoms with Crippen molar-refractivity contribution in [3.8, 4) is 0 Å². The summed E-state index contributed by atoms with van der Waals surface area (Å²) in [5.41, 5.74) is 5.30. The molecule has 1 aliphatic rings. The Balaban J connectivity index is 2.58. The molecule has 6 heteroatoms. The molecule has 18 heavy (non-hydrogen) atoms. The van der Waals surface area contributed by atoms with E-state index in [9.17, 15) is 9.59 Å². The van der Waals surface area contributed by atoms with Crippen LogP contribution in [-0.4, -0.2) is 48.3 Å². The van der Waals surface area contributed by atoms with Gasteiger partial charge in [-0.05, 0) is 27.7 Å². The normalized spacial score (nSPS) is 23.9. The van der Waals surface area contributed by atoms with E-state index in [1.165, 1.54) is 4.90 Å². The summed E-state index contributed by atoms with van der Waals surface area (Å²) in [6, 6.07) is -0.392. The van der Waals surface area contributed by atoms with Gasteiger partial charge < -0.3 is 20.1 Å². The third kappa shape index (κ3) is 3.87. The number of ether oxygens (including phenoxy) is 2. The summed E-state index contributed by atoms with van der Waals surface area (Å²) in [4.78, 5) is 24.9. The van der Waals surface area contributed by atoms with Gasteiger partial charge in [-0.2, -0.15) is 0 Å². The fraction of sp³-hybridized carbons (Fsp3) is 0.833. The third-order valence-electron chi connectivity index (χ3n) is 2.61. The van der Waals surface area contributed by atoms with E-state index in [2.05, 4.69) is 0 Å². The van der Waals surface area contributed by atoms with Crippen molar-refractivity contribution in [2.45, 2.75) is 39.3 Å². The second-order valence-corrected chi connectivity index (χ2v) is 5.41. The first-order chi connectivity index (χ1) is 8.24. The highest BCUT2D eigenvalue weighted by Gasteiger charge is 2.39. The Hall–Kier alpha value is -1.30. The highest BCUT2D eigenvalue weighted by atomic mass is 16.6. The molecule has 1 heterocycles. The van der Waals surface area contributed by atoms with E-state index >= 15 is 0 Å². The Morgan fingerprint density at radius 1 is 1.33 bits per heavy atom. The minimum atomic E-state index is -0.552. The van der Waals surface area contributed by atoms with Crippen molar-refractivity contribution in [2.24, 2.45) is 11.7 Å². The van der Waals surface area contributed by atoms with Crippen LogP contribution in [0.15, 0.2) is 0 Å². The molecule has 1 fully saturated rings. The third-order valence-corrected chi connectivity index (χ3v) is 2.61. The van der Waals surface area contributed by atoms with Crippen LogP contribution in [-0.2, 0) is 14.3 Å². The first-order valence-electron chi connectivity index (χ1n) is 6.14. The zero-order chi connectivity index (χ0) is 13.9. The Morgan fingerprint density at radius 3 is 2.44 bits per heavy atom. The summed E-state index contributed by atoms with van der Waals surface area (Å²) >= 11 is 0. The molecule has 0 bridgehead atoms. The fourth-order valence-corrected chi connectivity index (χ4v) is 1.80. The second kappa shape index (κ2) is 5.56. The molecule has 104 valence electrons. The summed E-state index contributed by atoms with van der Waals surface area (Å²) in [6.07, 6.45) is -0.440. The molecule has 0 aromatic rings. The maximum atomic E-state index is 11.8. The standard InChI is InChI=1S/C12H22N2O4/c1-5-17-10(15)8-6-14(7-9(8)13)11(16)18-12(2,3)4/h8-9H,5-7,13H2,1-4H3/t8-,9-/m1/s1. The van der Waals surface area contributed by atoms with Gasteiger partial charge in [-0.1, -0.05) is 0 Å². The number of rotatable bonds is 2. The number of amides is 1. The molecular weight excluding hydrogens is 236 g/mol. The van der Waals surface area contributed by atoms with Crippen molar-refractivity contribution in [2.75, 3.05) is 19.7 Å². The molecule has 0 aromatic heterocycles. The molecule has 0 spiro atoms. The Morgan fingerprint density at radius 2 is 1.94 bits per heavy atom. The summed E-state index contributed by atoms with van der Waals surface area (Å²) in [6.45, 7) is 8.02. The fourth-order valence-electron chi connectivity index (χ4n) is 1.80. The van der Waals surface area contributed by atoms with Gasteiger partial charge in [0.1, 0.15) is 5.60 Å². The van der Waals surface area contributed by atoms with Crippen LogP contribution in [0.2, 0.25) is 0 Å². The van der Waals surface area contributed by atoms with Gasteiger partial charge in [0.25, 0.3) is 0 Å². The van der Waals surface area contributed by atoms with Gasteiger partial charge in [0.05, 0.1) is 12.5 Å². The number of nitrogens with two attached hydrogens (primary N) is 1. The molecule has 6 nitrogen and oxygen atoms in total. The Kier molecular flexibility index (Phi) is 4.56. The highest BCUT2D eigenvalue weighted by Crippen LogP contribution is 2.20. The first kappa shape index (κ1) is 14.8. The monoisotopic (exact) mass is 258 g/mol. The molecule has 1 aliphatic heterocycles.